The Hall–Kier alpha value is -6.91. The van der Waals surface area contributed by atoms with E-state index in [1.54, 1.807) is 0 Å². The molecule has 0 spiro atoms. The molecule has 0 bridgehead atoms. The predicted octanol–water partition coefficient (Wildman–Crippen LogP) is -0.855. The maximum Gasteiger partial charge on any atom is 0.150 e. The number of phenols is 2. The molecule has 10 aromatic rings. The van der Waals surface area contributed by atoms with Crippen molar-refractivity contribution in [2.24, 2.45) is 0 Å². The SMILES string of the molecule is Bc1c(B)c(B)c(-c2cccc(-c3c4ccccc4c(-c4ccc(-n5c(-c6ccccc6)nc6ccccc65)cc4)c4ccc(-c5c(B)c(B)c(O)c(O)c5B)cc34)c2)c(B)c1B. The molecule has 0 fully saturated rings. The van der Waals surface area contributed by atoms with Crippen LogP contribution in [0.4, 0.5) is 0 Å². The molecule has 0 unspecified atom stereocenters. The second-order valence-corrected chi connectivity index (χ2v) is 17.3. The molecule has 9 aromatic carbocycles. The van der Waals surface area contributed by atoms with Crippen LogP contribution in [0.2, 0.25) is 0 Å². The number of rotatable bonds is 6. The lowest BCUT2D eigenvalue weighted by molar-refractivity contribution is 0.410. The Labute approximate surface area is 375 Å². The monoisotopic (exact) mass is 802 g/mol. The number of nitrogens with zero attached hydrogens (tertiary/aromatic N) is 2. The number of fused-ring (bicyclic) bond motifs is 3. The summed E-state index contributed by atoms with van der Waals surface area (Å²) >= 11 is 0. The fourth-order valence-corrected chi connectivity index (χ4v) is 10.1. The van der Waals surface area contributed by atoms with Crippen LogP contribution in [0.25, 0.3) is 94.2 Å². The number of hydrogen-bond donors (Lipinski definition) is 2. The molecule has 0 aliphatic carbocycles. The topological polar surface area (TPSA) is 58.3 Å². The van der Waals surface area contributed by atoms with Crippen LogP contribution in [0.1, 0.15) is 0 Å². The summed E-state index contributed by atoms with van der Waals surface area (Å²) < 4.78 is 2.26. The Morgan fingerprint density at radius 3 is 1.51 bits per heavy atom. The average molecular weight is 801 g/mol. The summed E-state index contributed by atoms with van der Waals surface area (Å²) in [6.45, 7) is 0. The van der Waals surface area contributed by atoms with E-state index in [1.165, 1.54) is 43.8 Å². The van der Waals surface area contributed by atoms with Gasteiger partial charge in [0.2, 0.25) is 0 Å². The van der Waals surface area contributed by atoms with E-state index < -0.39 is 0 Å². The minimum atomic E-state index is -0.0732. The Bertz CT molecular complexity index is 3460. The zero-order valence-electron chi connectivity index (χ0n) is 37.1. The van der Waals surface area contributed by atoms with Gasteiger partial charge < -0.3 is 10.2 Å². The molecule has 2 N–H and O–H groups in total. The molecule has 0 saturated carbocycles. The number of imidazole rings is 1. The Morgan fingerprint density at radius 1 is 0.349 bits per heavy atom. The molecule has 1 heterocycles. The van der Waals surface area contributed by atoms with Gasteiger partial charge in [-0.3, -0.25) is 4.57 Å². The molecule has 292 valence electrons. The average Bonchev–Trinajstić information content (AvgIpc) is 3.71. The highest BCUT2D eigenvalue weighted by atomic mass is 16.3. The maximum atomic E-state index is 11.1. The minimum Gasteiger partial charge on any atom is -0.505 e. The summed E-state index contributed by atoms with van der Waals surface area (Å²) in [5.74, 6) is 0.772. The third-order valence-electron chi connectivity index (χ3n) is 14.0. The van der Waals surface area contributed by atoms with Crippen LogP contribution in [0, 0.1) is 0 Å². The third kappa shape index (κ3) is 6.37. The Kier molecular flexibility index (Phi) is 9.86. The zero-order chi connectivity index (χ0) is 43.8. The molecule has 0 amide bonds. The van der Waals surface area contributed by atoms with Crippen molar-refractivity contribution in [3.8, 4) is 73.1 Å². The first-order valence-electron chi connectivity index (χ1n) is 21.8. The van der Waals surface area contributed by atoms with E-state index in [4.69, 9.17) is 4.98 Å². The van der Waals surface area contributed by atoms with E-state index in [0.29, 0.717) is 10.9 Å². The van der Waals surface area contributed by atoms with E-state index in [9.17, 15) is 10.2 Å². The van der Waals surface area contributed by atoms with Gasteiger partial charge in [0, 0.05) is 11.3 Å². The van der Waals surface area contributed by atoms with Gasteiger partial charge >= 0.3 is 0 Å². The molecular weight excluding hydrogens is 759 g/mol. The van der Waals surface area contributed by atoms with Crippen LogP contribution >= 0.6 is 0 Å². The van der Waals surface area contributed by atoms with Crippen LogP contribution in [0.3, 0.4) is 0 Å². The van der Waals surface area contributed by atoms with Gasteiger partial charge in [0.05, 0.1) is 11.0 Å². The molecule has 0 aliphatic rings. The Balaban J connectivity index is 1.24. The molecule has 10 rings (SSSR count). The summed E-state index contributed by atoms with van der Waals surface area (Å²) in [7, 11) is 17.0. The van der Waals surface area contributed by atoms with Crippen molar-refractivity contribution in [2.45, 2.75) is 0 Å². The molecule has 0 radical (unpaired) electrons. The van der Waals surface area contributed by atoms with E-state index in [1.807, 2.05) is 35.7 Å². The molecule has 4 nitrogen and oxygen atoms in total. The number of aromatic nitrogens is 2. The molecule has 63 heavy (non-hydrogen) atoms. The molecular formula is C51H42B8N2O2. The summed E-state index contributed by atoms with van der Waals surface area (Å²) in [6, 6.07) is 52.2. The van der Waals surface area contributed by atoms with Gasteiger partial charge in [-0.15, -0.1) is 16.4 Å². The van der Waals surface area contributed by atoms with Crippen molar-refractivity contribution in [1.29, 1.82) is 0 Å². The van der Waals surface area contributed by atoms with Gasteiger partial charge in [-0.2, -0.15) is 0 Å². The highest BCUT2D eigenvalue weighted by molar-refractivity contribution is 6.68. The number of phenolic OH excluding ortho intramolecular Hbond substituents is 2. The standard InChI is InChI=1S/C51H42B8N2O2/c52-41-39(42(53)46(57)47(58)45(41)56)28-12-8-11-27(23-28)38-32-14-5-4-13-31(32)37(33-22-19-29(24-34(33)38)40-43(54)48(59)50(63)49(62)44(40)55)25-17-20-30(21-18-25)61-36-16-7-6-15-35(36)60-51(61)26-9-2-1-3-10-26/h1-24,62-63H,52-59H2. The summed E-state index contributed by atoms with van der Waals surface area (Å²) in [5, 5.41) is 26.6. The Morgan fingerprint density at radius 2 is 0.825 bits per heavy atom. The zero-order valence-corrected chi connectivity index (χ0v) is 37.1. The molecule has 0 atom stereocenters. The van der Waals surface area contributed by atoms with E-state index >= 15 is 0 Å². The van der Waals surface area contributed by atoms with Gasteiger partial charge in [0.25, 0.3) is 0 Å². The lowest BCUT2D eigenvalue weighted by Crippen LogP contribution is -2.55. The lowest BCUT2D eigenvalue weighted by Gasteiger charge is -2.22. The van der Waals surface area contributed by atoms with E-state index in [2.05, 4.69) is 177 Å². The highest BCUT2D eigenvalue weighted by Gasteiger charge is 2.23. The molecule has 1 aromatic heterocycles. The fraction of sp³-hybridized carbons (Fsp3) is 0. The largest absolute Gasteiger partial charge is 0.505 e. The fourth-order valence-electron chi connectivity index (χ4n) is 10.1. The van der Waals surface area contributed by atoms with Gasteiger partial charge in [-0.05, 0) is 113 Å². The van der Waals surface area contributed by atoms with Crippen molar-refractivity contribution < 1.29 is 10.2 Å². The van der Waals surface area contributed by atoms with Gasteiger partial charge in [-0.25, -0.2) is 4.98 Å². The van der Waals surface area contributed by atoms with Crippen LogP contribution in [0.5, 0.6) is 11.5 Å². The summed E-state index contributed by atoms with van der Waals surface area (Å²) in [4.78, 5) is 5.10. The highest BCUT2D eigenvalue weighted by Crippen LogP contribution is 2.45. The van der Waals surface area contributed by atoms with Gasteiger partial charge in [-0.1, -0.05) is 126 Å². The maximum absolute atomic E-state index is 11.1. The van der Waals surface area contributed by atoms with Crippen LogP contribution in [-0.2, 0) is 0 Å². The summed E-state index contributed by atoms with van der Waals surface area (Å²) in [5.41, 5.74) is 22.0. The van der Waals surface area contributed by atoms with Crippen LogP contribution in [-0.4, -0.2) is 82.5 Å². The van der Waals surface area contributed by atoms with E-state index in [0.717, 1.165) is 83.1 Å². The lowest BCUT2D eigenvalue weighted by atomic mass is 9.59. The van der Waals surface area contributed by atoms with Gasteiger partial charge in [0.15, 0.2) is 5.75 Å². The second kappa shape index (κ2) is 15.5. The number of benzene rings is 9. The minimum absolute atomic E-state index is 0.0597. The first kappa shape index (κ1) is 40.2. The van der Waals surface area contributed by atoms with Crippen LogP contribution in [0.15, 0.2) is 146 Å². The van der Waals surface area contributed by atoms with Crippen molar-refractivity contribution >= 4 is 139 Å². The normalized spacial score (nSPS) is 11.5. The second-order valence-electron chi connectivity index (χ2n) is 17.3. The molecule has 12 heteroatoms. The van der Waals surface area contributed by atoms with Gasteiger partial charge in [0.1, 0.15) is 74.3 Å². The van der Waals surface area contributed by atoms with Crippen molar-refractivity contribution in [2.75, 3.05) is 0 Å². The first-order chi connectivity index (χ1) is 30.4. The third-order valence-corrected chi connectivity index (χ3v) is 14.0. The number of hydrogen-bond acceptors (Lipinski definition) is 3. The van der Waals surface area contributed by atoms with E-state index in [-0.39, 0.29) is 11.5 Å². The van der Waals surface area contributed by atoms with Crippen molar-refractivity contribution in [3.63, 3.8) is 0 Å². The first-order valence-corrected chi connectivity index (χ1v) is 21.8. The predicted molar refractivity (Wildman–Crippen MR) is 292 cm³/mol. The number of para-hydroxylation sites is 2. The molecule has 0 aliphatic heterocycles. The smallest absolute Gasteiger partial charge is 0.150 e. The van der Waals surface area contributed by atoms with Crippen molar-refractivity contribution in [1.82, 2.24) is 9.55 Å². The van der Waals surface area contributed by atoms with Crippen LogP contribution < -0.4 is 43.7 Å². The van der Waals surface area contributed by atoms with Crippen molar-refractivity contribution in [3.05, 3.63) is 146 Å². The summed E-state index contributed by atoms with van der Waals surface area (Å²) in [6.07, 6.45) is 0. The quantitative estimate of drug-likeness (QED) is 0.131. The number of aromatic hydroxyl groups is 2. The molecule has 0 saturated heterocycles.